The van der Waals surface area contributed by atoms with Gasteiger partial charge in [-0.1, -0.05) is 17.3 Å². The quantitative estimate of drug-likeness (QED) is 0.712. The molecule has 1 aliphatic rings. The molecular weight excluding hydrogens is 356 g/mol. The van der Waals surface area contributed by atoms with Gasteiger partial charge in [-0.05, 0) is 31.0 Å². The van der Waals surface area contributed by atoms with Gasteiger partial charge in [0.15, 0.2) is 0 Å². The number of ether oxygens (including phenoxy) is 1. The van der Waals surface area contributed by atoms with Gasteiger partial charge in [-0.15, -0.1) is 0 Å². The monoisotopic (exact) mass is 373 g/mol. The van der Waals surface area contributed by atoms with Crippen molar-refractivity contribution in [1.29, 1.82) is 0 Å². The molecule has 0 aliphatic heterocycles. The highest BCUT2D eigenvalue weighted by atomic mass is 19.3. The van der Waals surface area contributed by atoms with Gasteiger partial charge in [-0.2, -0.15) is 0 Å². The number of fused-ring (bicyclic) bond motifs is 1. The van der Waals surface area contributed by atoms with Crippen molar-refractivity contribution in [2.45, 2.75) is 25.2 Å². The van der Waals surface area contributed by atoms with E-state index in [0.717, 1.165) is 18.5 Å². The number of carbonyl (C=O) groups excluding carboxylic acids is 1. The highest BCUT2D eigenvalue weighted by molar-refractivity contribution is 6.09. The fourth-order valence-corrected chi connectivity index (χ4v) is 2.97. The van der Waals surface area contributed by atoms with Crippen LogP contribution in [0.1, 0.15) is 34.8 Å². The van der Waals surface area contributed by atoms with Crippen molar-refractivity contribution in [3.8, 4) is 17.0 Å². The molecule has 0 atom stereocenters. The van der Waals surface area contributed by atoms with E-state index in [0.29, 0.717) is 22.4 Å². The first-order valence-corrected chi connectivity index (χ1v) is 8.58. The number of hydrogen-bond donors (Lipinski definition) is 1. The molecular formula is C19H17F2N3O3. The summed E-state index contributed by atoms with van der Waals surface area (Å²) in [5, 5.41) is 6.74. The van der Waals surface area contributed by atoms with E-state index in [1.807, 2.05) is 0 Å². The van der Waals surface area contributed by atoms with Gasteiger partial charge in [-0.3, -0.25) is 4.79 Å². The van der Waals surface area contributed by atoms with E-state index in [9.17, 15) is 13.6 Å². The van der Waals surface area contributed by atoms with Crippen LogP contribution in [0.25, 0.3) is 22.4 Å². The van der Waals surface area contributed by atoms with Gasteiger partial charge in [-0.25, -0.2) is 13.8 Å². The topological polar surface area (TPSA) is 77.2 Å². The molecule has 140 valence electrons. The minimum Gasteiger partial charge on any atom is -0.497 e. The average Bonchev–Trinajstić information content (AvgIpc) is 3.44. The third-order valence-electron chi connectivity index (χ3n) is 4.47. The molecule has 2 aromatic heterocycles. The maximum absolute atomic E-state index is 12.6. The highest BCUT2D eigenvalue weighted by Gasteiger charge is 2.29. The fourth-order valence-electron chi connectivity index (χ4n) is 2.97. The van der Waals surface area contributed by atoms with Gasteiger partial charge in [0, 0.05) is 17.2 Å². The molecule has 0 spiro atoms. The number of nitrogens with one attached hydrogen (secondary N) is 1. The van der Waals surface area contributed by atoms with E-state index in [4.69, 9.17) is 9.26 Å². The Kier molecular flexibility index (Phi) is 4.47. The van der Waals surface area contributed by atoms with Crippen LogP contribution in [-0.2, 0) is 0 Å². The highest BCUT2D eigenvalue weighted by Crippen LogP contribution is 2.41. The van der Waals surface area contributed by atoms with Crippen LogP contribution in [0.3, 0.4) is 0 Å². The molecule has 1 aliphatic carbocycles. The molecule has 8 heteroatoms. The van der Waals surface area contributed by atoms with Crippen molar-refractivity contribution >= 4 is 17.0 Å². The average molecular weight is 373 g/mol. The molecule has 1 amide bonds. The number of methoxy groups -OCH3 is 1. The van der Waals surface area contributed by atoms with Gasteiger partial charge < -0.3 is 14.6 Å². The molecule has 0 unspecified atom stereocenters. The summed E-state index contributed by atoms with van der Waals surface area (Å²) >= 11 is 0. The number of rotatable bonds is 6. The number of pyridine rings is 1. The number of benzene rings is 1. The van der Waals surface area contributed by atoms with Crippen molar-refractivity contribution in [2.75, 3.05) is 13.7 Å². The van der Waals surface area contributed by atoms with Gasteiger partial charge in [0.05, 0.1) is 24.6 Å². The Balaban J connectivity index is 1.84. The number of nitrogens with zero attached hydrogens (tertiary/aromatic N) is 2. The molecule has 1 N–H and O–H groups in total. The summed E-state index contributed by atoms with van der Waals surface area (Å²) in [5.74, 6) is 0.285. The lowest BCUT2D eigenvalue weighted by atomic mass is 10.0. The Hall–Kier alpha value is -3.03. The summed E-state index contributed by atoms with van der Waals surface area (Å²) in [5.41, 5.74) is 2.28. The van der Waals surface area contributed by atoms with Crippen LogP contribution in [0.2, 0.25) is 0 Å². The lowest BCUT2D eigenvalue weighted by Gasteiger charge is -2.08. The van der Waals surface area contributed by atoms with E-state index in [-0.39, 0.29) is 17.2 Å². The first-order valence-electron chi connectivity index (χ1n) is 8.58. The molecule has 6 nitrogen and oxygen atoms in total. The minimum atomic E-state index is -2.63. The van der Waals surface area contributed by atoms with Crippen molar-refractivity contribution < 1.29 is 22.8 Å². The maximum atomic E-state index is 12.6. The second-order valence-corrected chi connectivity index (χ2v) is 6.41. The first-order chi connectivity index (χ1) is 13.1. The van der Waals surface area contributed by atoms with Crippen LogP contribution >= 0.6 is 0 Å². The second kappa shape index (κ2) is 6.94. The smallest absolute Gasteiger partial charge is 0.259 e. The molecule has 3 aromatic rings. The van der Waals surface area contributed by atoms with E-state index in [2.05, 4.69) is 15.5 Å². The van der Waals surface area contributed by atoms with E-state index in [1.54, 1.807) is 37.4 Å². The Labute approximate surface area is 153 Å². The normalized spacial score (nSPS) is 13.9. The number of aromatic nitrogens is 2. The third-order valence-corrected chi connectivity index (χ3v) is 4.47. The van der Waals surface area contributed by atoms with Gasteiger partial charge in [0.2, 0.25) is 0 Å². The Morgan fingerprint density at radius 3 is 2.89 bits per heavy atom. The molecule has 1 saturated carbocycles. The summed E-state index contributed by atoms with van der Waals surface area (Å²) in [6, 6.07) is 8.78. The van der Waals surface area contributed by atoms with Crippen LogP contribution in [-0.4, -0.2) is 36.1 Å². The predicted octanol–water partition coefficient (Wildman–Crippen LogP) is 3.77. The van der Waals surface area contributed by atoms with Crippen LogP contribution < -0.4 is 10.1 Å². The summed E-state index contributed by atoms with van der Waals surface area (Å²) in [7, 11) is 1.55. The third kappa shape index (κ3) is 3.47. The summed E-state index contributed by atoms with van der Waals surface area (Å²) in [6.45, 7) is -0.721. The minimum absolute atomic E-state index is 0.222. The summed E-state index contributed by atoms with van der Waals surface area (Å²) in [6.07, 6.45) is -0.671. The molecule has 0 radical (unpaired) electrons. The predicted molar refractivity (Wildman–Crippen MR) is 94.1 cm³/mol. The Morgan fingerprint density at radius 1 is 1.37 bits per heavy atom. The Morgan fingerprint density at radius 2 is 2.19 bits per heavy atom. The molecule has 1 fully saturated rings. The number of amides is 1. The molecule has 4 rings (SSSR count). The number of carbonyl (C=O) groups is 1. The maximum Gasteiger partial charge on any atom is 0.259 e. The van der Waals surface area contributed by atoms with Gasteiger partial charge in [0.25, 0.3) is 18.0 Å². The standard InChI is InChI=1S/C19H17F2N3O3/c1-26-12-4-2-3-11(7-12)17-16-13(18(25)22-9-15(20)21)8-14(10-5-6-10)23-19(16)27-24-17/h2-4,7-8,10,15H,5-6,9H2,1H3,(H,22,25). The van der Waals surface area contributed by atoms with Crippen LogP contribution in [0.5, 0.6) is 5.75 Å². The van der Waals surface area contributed by atoms with Crippen molar-refractivity contribution in [3.05, 3.63) is 41.6 Å². The number of halogens is 2. The van der Waals surface area contributed by atoms with Crippen LogP contribution in [0, 0.1) is 0 Å². The van der Waals surface area contributed by atoms with E-state index in [1.165, 1.54) is 0 Å². The molecule has 1 aromatic carbocycles. The number of hydrogen-bond acceptors (Lipinski definition) is 5. The van der Waals surface area contributed by atoms with E-state index < -0.39 is 18.9 Å². The SMILES string of the molecule is COc1cccc(-c2noc3nc(C4CC4)cc(C(=O)NCC(F)F)c23)c1. The Bertz CT molecular complexity index is 999. The zero-order valence-corrected chi connectivity index (χ0v) is 14.5. The molecule has 0 saturated heterocycles. The fraction of sp³-hybridized carbons (Fsp3) is 0.316. The van der Waals surface area contributed by atoms with Crippen molar-refractivity contribution in [2.24, 2.45) is 0 Å². The molecule has 2 heterocycles. The first kappa shape index (κ1) is 17.4. The zero-order valence-electron chi connectivity index (χ0n) is 14.5. The molecule has 0 bridgehead atoms. The van der Waals surface area contributed by atoms with Gasteiger partial charge >= 0.3 is 0 Å². The number of alkyl halides is 2. The second-order valence-electron chi connectivity index (χ2n) is 6.41. The van der Waals surface area contributed by atoms with E-state index >= 15 is 0 Å². The lowest BCUT2D eigenvalue weighted by Crippen LogP contribution is -2.28. The zero-order chi connectivity index (χ0) is 19.0. The van der Waals surface area contributed by atoms with Gasteiger partial charge in [0.1, 0.15) is 11.4 Å². The largest absolute Gasteiger partial charge is 0.497 e. The molecule has 27 heavy (non-hydrogen) atoms. The van der Waals surface area contributed by atoms with Crippen molar-refractivity contribution in [1.82, 2.24) is 15.5 Å². The van der Waals surface area contributed by atoms with Crippen LogP contribution in [0.4, 0.5) is 8.78 Å². The lowest BCUT2D eigenvalue weighted by molar-refractivity contribution is 0.0893. The summed E-state index contributed by atoms with van der Waals surface area (Å²) < 4.78 is 35.7. The van der Waals surface area contributed by atoms with Crippen molar-refractivity contribution in [3.63, 3.8) is 0 Å². The van der Waals surface area contributed by atoms with Crippen LogP contribution in [0.15, 0.2) is 34.9 Å². The summed E-state index contributed by atoms with van der Waals surface area (Å²) in [4.78, 5) is 17.1.